The van der Waals surface area contributed by atoms with E-state index in [0.717, 1.165) is 28.3 Å². The lowest BCUT2D eigenvalue weighted by molar-refractivity contribution is -0.132. The summed E-state index contributed by atoms with van der Waals surface area (Å²) in [5, 5.41) is 7.66. The zero-order valence-electron chi connectivity index (χ0n) is 18.2. The van der Waals surface area contributed by atoms with Gasteiger partial charge in [0.05, 0.1) is 13.2 Å². The van der Waals surface area contributed by atoms with Crippen molar-refractivity contribution in [1.82, 2.24) is 14.7 Å². The second-order valence-electron chi connectivity index (χ2n) is 7.84. The predicted molar refractivity (Wildman–Crippen MR) is 126 cm³/mol. The highest BCUT2D eigenvalue weighted by Crippen LogP contribution is 2.41. The molecule has 7 heteroatoms. The predicted octanol–water partition coefficient (Wildman–Crippen LogP) is 4.89. The first-order valence-electron chi connectivity index (χ1n) is 10.8. The lowest BCUT2D eigenvalue weighted by Gasteiger charge is -2.20. The van der Waals surface area contributed by atoms with Crippen molar-refractivity contribution < 1.29 is 14.3 Å². The van der Waals surface area contributed by atoms with Crippen molar-refractivity contribution in [1.29, 1.82) is 0 Å². The summed E-state index contributed by atoms with van der Waals surface area (Å²) in [6, 6.07) is 14.5. The van der Waals surface area contributed by atoms with Gasteiger partial charge >= 0.3 is 0 Å². The molecule has 0 unspecified atom stereocenters. The lowest BCUT2D eigenvalue weighted by atomic mass is 10.0. The van der Waals surface area contributed by atoms with E-state index in [2.05, 4.69) is 46.9 Å². The Morgan fingerprint density at radius 2 is 2.12 bits per heavy atom. The van der Waals surface area contributed by atoms with E-state index in [0.29, 0.717) is 26.3 Å². The molecule has 6 nitrogen and oxygen atoms in total. The molecule has 32 heavy (non-hydrogen) atoms. The summed E-state index contributed by atoms with van der Waals surface area (Å²) < 4.78 is 15.0. The molecule has 0 fully saturated rings. The summed E-state index contributed by atoms with van der Waals surface area (Å²) in [5.74, 6) is 1.49. The molecule has 0 aliphatic carbocycles. The summed E-state index contributed by atoms with van der Waals surface area (Å²) in [7, 11) is 0. The van der Waals surface area contributed by atoms with Crippen LogP contribution in [0, 0.1) is 6.92 Å². The highest BCUT2D eigenvalue weighted by Gasteiger charge is 2.24. The Kier molecular flexibility index (Phi) is 5.57. The van der Waals surface area contributed by atoms with Gasteiger partial charge in [-0.05, 0) is 49.1 Å². The van der Waals surface area contributed by atoms with Crippen molar-refractivity contribution in [3.63, 3.8) is 0 Å². The molecule has 1 aliphatic rings. The summed E-state index contributed by atoms with van der Waals surface area (Å²) in [5.41, 5.74) is 4.17. The molecule has 1 aliphatic heterocycles. The van der Waals surface area contributed by atoms with Crippen LogP contribution in [0.2, 0.25) is 0 Å². The average Bonchev–Trinajstić information content (AvgIpc) is 3.33. The average molecular weight is 448 g/mol. The van der Waals surface area contributed by atoms with Crippen LogP contribution in [0.4, 0.5) is 0 Å². The SMILES string of the molecule is CCOc1cc(-c2csc3ccccc23)cc2c1OCCN(C(=O)Cn1nccc1C)C2. The molecule has 164 valence electrons. The van der Waals surface area contributed by atoms with Crippen LogP contribution in [0.25, 0.3) is 21.2 Å². The quantitative estimate of drug-likeness (QED) is 0.437. The third-order valence-corrected chi connectivity index (χ3v) is 6.72. The standard InChI is InChI=1S/C25H25N3O3S/c1-3-30-22-13-18(21-16-32-23-7-5-4-6-20(21)23)12-19-14-27(10-11-31-25(19)22)24(29)15-28-17(2)8-9-26-28/h4-9,12-13,16H,3,10-11,14-15H2,1-2H3. The third kappa shape index (κ3) is 3.84. The fraction of sp³-hybridized carbons (Fsp3) is 0.280. The number of nitrogens with zero attached hydrogens (tertiary/aromatic N) is 3. The fourth-order valence-corrected chi connectivity index (χ4v) is 5.08. The van der Waals surface area contributed by atoms with Gasteiger partial charge in [-0.15, -0.1) is 11.3 Å². The molecule has 2 aromatic heterocycles. The maximum absolute atomic E-state index is 13.1. The van der Waals surface area contributed by atoms with Gasteiger partial charge in [-0.1, -0.05) is 18.2 Å². The van der Waals surface area contributed by atoms with Crippen molar-refractivity contribution in [2.24, 2.45) is 0 Å². The number of carbonyl (C=O) groups is 1. The number of carbonyl (C=O) groups excluding carboxylic acids is 1. The zero-order chi connectivity index (χ0) is 22.1. The zero-order valence-corrected chi connectivity index (χ0v) is 19.0. The summed E-state index contributed by atoms with van der Waals surface area (Å²) >= 11 is 1.73. The first-order chi connectivity index (χ1) is 15.6. The van der Waals surface area contributed by atoms with E-state index in [1.165, 1.54) is 15.6 Å². The highest BCUT2D eigenvalue weighted by atomic mass is 32.1. The van der Waals surface area contributed by atoms with Crippen molar-refractivity contribution in [3.8, 4) is 22.6 Å². The monoisotopic (exact) mass is 447 g/mol. The smallest absolute Gasteiger partial charge is 0.244 e. The van der Waals surface area contributed by atoms with Crippen molar-refractivity contribution in [2.45, 2.75) is 26.9 Å². The Balaban J connectivity index is 1.52. The topological polar surface area (TPSA) is 56.6 Å². The van der Waals surface area contributed by atoms with Gasteiger partial charge in [0, 0.05) is 39.6 Å². The summed E-state index contributed by atoms with van der Waals surface area (Å²) in [6.45, 7) is 6.12. The van der Waals surface area contributed by atoms with Crippen molar-refractivity contribution >= 4 is 27.3 Å². The number of hydrogen-bond donors (Lipinski definition) is 0. The lowest BCUT2D eigenvalue weighted by Crippen LogP contribution is -2.35. The molecular weight excluding hydrogens is 422 g/mol. The van der Waals surface area contributed by atoms with Crippen LogP contribution in [0.1, 0.15) is 18.2 Å². The molecule has 0 atom stereocenters. The Morgan fingerprint density at radius 1 is 1.25 bits per heavy atom. The maximum Gasteiger partial charge on any atom is 0.244 e. The van der Waals surface area contributed by atoms with Gasteiger partial charge in [-0.25, -0.2) is 0 Å². The second kappa shape index (κ2) is 8.67. The van der Waals surface area contributed by atoms with E-state index >= 15 is 0 Å². The number of thiophene rings is 1. The van der Waals surface area contributed by atoms with E-state index in [4.69, 9.17) is 9.47 Å². The minimum absolute atomic E-state index is 0.0256. The molecule has 0 saturated heterocycles. The molecule has 0 spiro atoms. The molecule has 3 heterocycles. The molecule has 0 radical (unpaired) electrons. The number of fused-ring (bicyclic) bond motifs is 2. The molecule has 2 aromatic carbocycles. The molecule has 5 rings (SSSR count). The summed E-state index contributed by atoms with van der Waals surface area (Å²) in [4.78, 5) is 14.9. The number of hydrogen-bond acceptors (Lipinski definition) is 5. The van der Waals surface area contributed by atoms with Crippen LogP contribution < -0.4 is 9.47 Å². The second-order valence-corrected chi connectivity index (χ2v) is 8.75. The van der Waals surface area contributed by atoms with Crippen LogP contribution in [0.3, 0.4) is 0 Å². The van der Waals surface area contributed by atoms with Crippen LogP contribution >= 0.6 is 11.3 Å². The molecule has 1 amide bonds. The first-order valence-corrected chi connectivity index (χ1v) is 11.7. The molecule has 0 saturated carbocycles. The van der Waals surface area contributed by atoms with E-state index < -0.39 is 0 Å². The van der Waals surface area contributed by atoms with Crippen LogP contribution in [-0.2, 0) is 17.9 Å². The summed E-state index contributed by atoms with van der Waals surface area (Å²) in [6.07, 6.45) is 1.72. The minimum Gasteiger partial charge on any atom is -0.490 e. The Labute approximate surface area is 191 Å². The number of benzene rings is 2. The van der Waals surface area contributed by atoms with Gasteiger partial charge in [0.1, 0.15) is 13.2 Å². The fourth-order valence-electron chi connectivity index (χ4n) is 4.11. The van der Waals surface area contributed by atoms with Gasteiger partial charge in [0.2, 0.25) is 5.91 Å². The van der Waals surface area contributed by atoms with Crippen LogP contribution in [0.15, 0.2) is 54.0 Å². The van der Waals surface area contributed by atoms with Gasteiger partial charge in [-0.2, -0.15) is 5.10 Å². The number of aromatic nitrogens is 2. The van der Waals surface area contributed by atoms with Gasteiger partial charge < -0.3 is 14.4 Å². The number of rotatable bonds is 5. The van der Waals surface area contributed by atoms with Crippen molar-refractivity contribution in [3.05, 3.63) is 65.3 Å². The van der Waals surface area contributed by atoms with Crippen LogP contribution in [-0.4, -0.2) is 40.3 Å². The van der Waals surface area contributed by atoms with E-state index in [1.54, 1.807) is 22.2 Å². The third-order valence-electron chi connectivity index (χ3n) is 5.76. The Morgan fingerprint density at radius 3 is 2.94 bits per heavy atom. The largest absolute Gasteiger partial charge is 0.490 e. The normalized spacial score (nSPS) is 13.5. The van der Waals surface area contributed by atoms with E-state index in [9.17, 15) is 4.79 Å². The van der Waals surface area contributed by atoms with Crippen LogP contribution in [0.5, 0.6) is 11.5 Å². The molecule has 0 N–H and O–H groups in total. The Hall–Kier alpha value is -3.32. The Bertz CT molecular complexity index is 1280. The van der Waals surface area contributed by atoms with Gasteiger partial charge in [0.15, 0.2) is 11.5 Å². The minimum atomic E-state index is 0.0256. The van der Waals surface area contributed by atoms with E-state index in [1.807, 2.05) is 24.8 Å². The van der Waals surface area contributed by atoms with Gasteiger partial charge in [-0.3, -0.25) is 9.48 Å². The van der Waals surface area contributed by atoms with Crippen molar-refractivity contribution in [2.75, 3.05) is 19.8 Å². The maximum atomic E-state index is 13.1. The molecule has 4 aromatic rings. The number of ether oxygens (including phenoxy) is 2. The number of aryl methyl sites for hydroxylation is 1. The first kappa shape index (κ1) is 20.6. The number of amides is 1. The highest BCUT2D eigenvalue weighted by molar-refractivity contribution is 7.17. The molecular formula is C25H25N3O3S. The van der Waals surface area contributed by atoms with Gasteiger partial charge in [0.25, 0.3) is 0 Å². The van der Waals surface area contributed by atoms with E-state index in [-0.39, 0.29) is 12.5 Å². The molecule has 0 bridgehead atoms.